The lowest BCUT2D eigenvalue weighted by Crippen LogP contribution is -2.25. The number of aromatic nitrogens is 2. The molecule has 0 bridgehead atoms. The maximum atomic E-state index is 11.9. The molecule has 5 nitrogen and oxygen atoms in total. The zero-order valence-electron chi connectivity index (χ0n) is 10.1. The number of hydrogen-bond donors (Lipinski definition) is 1. The van der Waals surface area contributed by atoms with E-state index in [2.05, 4.69) is 47.3 Å². The van der Waals surface area contributed by atoms with Crippen molar-refractivity contribution in [3.63, 3.8) is 0 Å². The molecule has 0 spiro atoms. The van der Waals surface area contributed by atoms with Gasteiger partial charge in [-0.3, -0.25) is 4.79 Å². The van der Waals surface area contributed by atoms with Crippen LogP contribution in [0.5, 0.6) is 0 Å². The number of nitrogens with zero attached hydrogens (tertiary/aromatic N) is 2. The van der Waals surface area contributed by atoms with Crippen LogP contribution in [0.4, 0.5) is 0 Å². The molecule has 0 aliphatic heterocycles. The van der Waals surface area contributed by atoms with Crippen molar-refractivity contribution in [2.45, 2.75) is 13.3 Å². The molecule has 2 rings (SSSR count). The highest BCUT2D eigenvalue weighted by Crippen LogP contribution is 2.19. The van der Waals surface area contributed by atoms with Gasteiger partial charge in [-0.1, -0.05) is 37.0 Å². The van der Waals surface area contributed by atoms with Crippen molar-refractivity contribution in [3.05, 3.63) is 44.4 Å². The Morgan fingerprint density at radius 3 is 2.58 bits per heavy atom. The molecule has 1 aromatic carbocycles. The van der Waals surface area contributed by atoms with Crippen LogP contribution in [0, 0.1) is 6.92 Å². The van der Waals surface area contributed by atoms with Gasteiger partial charge in [-0.25, -0.2) is 0 Å². The van der Waals surface area contributed by atoms with E-state index in [-0.39, 0.29) is 5.91 Å². The molecule has 100 valence electrons. The van der Waals surface area contributed by atoms with Crippen LogP contribution in [-0.4, -0.2) is 22.6 Å². The Kier molecular flexibility index (Phi) is 4.71. The van der Waals surface area contributed by atoms with E-state index in [0.717, 1.165) is 8.95 Å². The number of hydrogen-bond acceptors (Lipinski definition) is 4. The molecule has 0 aliphatic rings. The number of halogens is 2. The lowest BCUT2D eigenvalue weighted by Gasteiger charge is -2.04. The standard InChI is InChI=1S/C12H11Br2N3O2/c1-7-16-11(19-17-7)2-3-15-12(18)8-4-9(13)6-10(14)5-8/h4-6H,2-3H2,1H3,(H,15,18). The average molecular weight is 389 g/mol. The number of aryl methyl sites for hydroxylation is 1. The van der Waals surface area contributed by atoms with Crippen molar-refractivity contribution in [1.82, 2.24) is 15.5 Å². The van der Waals surface area contributed by atoms with Crippen molar-refractivity contribution < 1.29 is 9.32 Å². The van der Waals surface area contributed by atoms with Crippen LogP contribution in [0.2, 0.25) is 0 Å². The lowest BCUT2D eigenvalue weighted by atomic mass is 10.2. The molecule has 1 heterocycles. The van der Waals surface area contributed by atoms with Crippen molar-refractivity contribution >= 4 is 37.8 Å². The van der Waals surface area contributed by atoms with E-state index in [1.54, 1.807) is 19.1 Å². The minimum absolute atomic E-state index is 0.141. The third-order valence-electron chi connectivity index (χ3n) is 2.32. The minimum atomic E-state index is -0.141. The Bertz CT molecular complexity index is 578. The second kappa shape index (κ2) is 6.29. The van der Waals surface area contributed by atoms with Crippen LogP contribution in [-0.2, 0) is 6.42 Å². The fourth-order valence-corrected chi connectivity index (χ4v) is 2.81. The fourth-order valence-electron chi connectivity index (χ4n) is 1.51. The van der Waals surface area contributed by atoms with Crippen molar-refractivity contribution in [3.8, 4) is 0 Å². The second-order valence-corrected chi connectivity index (χ2v) is 5.73. The van der Waals surface area contributed by atoms with Gasteiger partial charge in [0.1, 0.15) is 0 Å². The van der Waals surface area contributed by atoms with Gasteiger partial charge in [-0.15, -0.1) is 0 Å². The highest BCUT2D eigenvalue weighted by Gasteiger charge is 2.08. The van der Waals surface area contributed by atoms with E-state index < -0.39 is 0 Å². The molecule has 1 aromatic heterocycles. The maximum Gasteiger partial charge on any atom is 0.251 e. The highest BCUT2D eigenvalue weighted by molar-refractivity contribution is 9.11. The lowest BCUT2D eigenvalue weighted by molar-refractivity contribution is 0.0953. The summed E-state index contributed by atoms with van der Waals surface area (Å²) in [4.78, 5) is 16.0. The summed E-state index contributed by atoms with van der Waals surface area (Å²) < 4.78 is 6.66. The predicted molar refractivity (Wildman–Crippen MR) is 76.9 cm³/mol. The molecule has 7 heteroatoms. The first-order valence-corrected chi connectivity index (χ1v) is 7.16. The molecule has 19 heavy (non-hydrogen) atoms. The predicted octanol–water partition coefficient (Wildman–Crippen LogP) is 2.88. The summed E-state index contributed by atoms with van der Waals surface area (Å²) in [5, 5.41) is 6.49. The molecule has 0 saturated carbocycles. The van der Waals surface area contributed by atoms with Gasteiger partial charge in [-0.2, -0.15) is 4.98 Å². The van der Waals surface area contributed by atoms with Gasteiger partial charge in [0.25, 0.3) is 5.91 Å². The SMILES string of the molecule is Cc1noc(CCNC(=O)c2cc(Br)cc(Br)c2)n1. The van der Waals surface area contributed by atoms with Crippen LogP contribution in [0.1, 0.15) is 22.1 Å². The Balaban J connectivity index is 1.90. The molecular weight excluding hydrogens is 378 g/mol. The first kappa shape index (κ1) is 14.2. The van der Waals surface area contributed by atoms with Gasteiger partial charge in [0.15, 0.2) is 5.82 Å². The summed E-state index contributed by atoms with van der Waals surface area (Å²) in [6.45, 7) is 2.20. The fraction of sp³-hybridized carbons (Fsp3) is 0.250. The van der Waals surface area contributed by atoms with Crippen LogP contribution in [0.25, 0.3) is 0 Å². The first-order chi connectivity index (χ1) is 9.04. The molecule has 0 unspecified atom stereocenters. The Morgan fingerprint density at radius 2 is 2.00 bits per heavy atom. The van der Waals surface area contributed by atoms with E-state index in [4.69, 9.17) is 4.52 Å². The number of amides is 1. The van der Waals surface area contributed by atoms with Gasteiger partial charge in [0.05, 0.1) is 0 Å². The van der Waals surface area contributed by atoms with Crippen molar-refractivity contribution in [2.24, 2.45) is 0 Å². The van der Waals surface area contributed by atoms with E-state index in [9.17, 15) is 4.79 Å². The largest absolute Gasteiger partial charge is 0.352 e. The molecule has 0 fully saturated rings. The topological polar surface area (TPSA) is 68.0 Å². The van der Waals surface area contributed by atoms with E-state index in [1.165, 1.54) is 0 Å². The van der Waals surface area contributed by atoms with Crippen LogP contribution < -0.4 is 5.32 Å². The second-order valence-electron chi connectivity index (χ2n) is 3.90. The van der Waals surface area contributed by atoms with E-state index in [1.807, 2.05) is 6.07 Å². The summed E-state index contributed by atoms with van der Waals surface area (Å²) in [5.41, 5.74) is 0.586. The summed E-state index contributed by atoms with van der Waals surface area (Å²) in [6, 6.07) is 5.39. The zero-order valence-corrected chi connectivity index (χ0v) is 13.3. The number of rotatable bonds is 4. The first-order valence-electron chi connectivity index (χ1n) is 5.58. The molecule has 0 saturated heterocycles. The smallest absolute Gasteiger partial charge is 0.251 e. The number of benzene rings is 1. The van der Waals surface area contributed by atoms with Crippen LogP contribution in [0.3, 0.4) is 0 Å². The van der Waals surface area contributed by atoms with Gasteiger partial charge >= 0.3 is 0 Å². The van der Waals surface area contributed by atoms with Gasteiger partial charge in [0, 0.05) is 27.5 Å². The van der Waals surface area contributed by atoms with Gasteiger partial charge < -0.3 is 9.84 Å². The molecule has 1 N–H and O–H groups in total. The minimum Gasteiger partial charge on any atom is -0.352 e. The summed E-state index contributed by atoms with van der Waals surface area (Å²) in [7, 11) is 0. The Labute approximate surface area is 127 Å². The third-order valence-corrected chi connectivity index (χ3v) is 3.23. The van der Waals surface area contributed by atoms with Gasteiger partial charge in [0.2, 0.25) is 5.89 Å². The average Bonchev–Trinajstić information content (AvgIpc) is 2.73. The normalized spacial score (nSPS) is 10.5. The van der Waals surface area contributed by atoms with E-state index in [0.29, 0.717) is 30.2 Å². The summed E-state index contributed by atoms with van der Waals surface area (Å²) >= 11 is 6.69. The number of carbonyl (C=O) groups excluding carboxylic acids is 1. The van der Waals surface area contributed by atoms with Crippen molar-refractivity contribution in [2.75, 3.05) is 6.54 Å². The highest BCUT2D eigenvalue weighted by atomic mass is 79.9. The number of carbonyl (C=O) groups is 1. The molecule has 1 amide bonds. The quantitative estimate of drug-likeness (QED) is 0.874. The summed E-state index contributed by atoms with van der Waals surface area (Å²) in [6.07, 6.45) is 0.516. The zero-order chi connectivity index (χ0) is 13.8. The van der Waals surface area contributed by atoms with Crippen molar-refractivity contribution in [1.29, 1.82) is 0 Å². The molecule has 0 aliphatic carbocycles. The molecule has 0 atom stereocenters. The van der Waals surface area contributed by atoms with Crippen LogP contribution in [0.15, 0.2) is 31.7 Å². The third kappa shape index (κ3) is 4.14. The Hall–Kier alpha value is -1.21. The molecule has 2 aromatic rings. The Morgan fingerprint density at radius 1 is 1.32 bits per heavy atom. The molecule has 0 radical (unpaired) electrons. The molecular formula is C12H11Br2N3O2. The number of nitrogens with one attached hydrogen (secondary N) is 1. The summed E-state index contributed by atoms with van der Waals surface area (Å²) in [5.74, 6) is 0.976. The maximum absolute atomic E-state index is 11.9. The monoisotopic (exact) mass is 387 g/mol. The van der Waals surface area contributed by atoms with Gasteiger partial charge in [-0.05, 0) is 25.1 Å². The van der Waals surface area contributed by atoms with Crippen LogP contribution >= 0.6 is 31.9 Å². The van der Waals surface area contributed by atoms with E-state index >= 15 is 0 Å².